The van der Waals surface area contributed by atoms with Gasteiger partial charge < -0.3 is 24.8 Å². The fourth-order valence-electron chi connectivity index (χ4n) is 7.17. The number of piperidine rings is 1. The molecule has 3 heterocycles. The van der Waals surface area contributed by atoms with Gasteiger partial charge in [0.15, 0.2) is 22.9 Å². The van der Waals surface area contributed by atoms with E-state index >= 15 is 0 Å². The number of hydrogen-bond donors (Lipinski definition) is 2. The number of aliphatic hydroxyl groups is 1. The molecule has 9 heteroatoms. The number of halogens is 2. The van der Waals surface area contributed by atoms with Gasteiger partial charge in [0.05, 0.1) is 18.0 Å². The van der Waals surface area contributed by atoms with Crippen molar-refractivity contribution in [1.29, 1.82) is 0 Å². The van der Waals surface area contributed by atoms with Gasteiger partial charge in [-0.2, -0.15) is 0 Å². The maximum Gasteiger partial charge on any atom is 0.168 e. The molecule has 232 valence electrons. The number of ether oxygens (including phenoxy) is 2. The second-order valence-electron chi connectivity index (χ2n) is 12.8. The normalized spacial score (nSPS) is 23.6. The minimum Gasteiger partial charge on any atom is -0.485 e. The molecule has 4 aliphatic rings. The maximum absolute atomic E-state index is 14.9. The van der Waals surface area contributed by atoms with Crippen LogP contribution in [0.25, 0.3) is 0 Å². The van der Waals surface area contributed by atoms with Crippen LogP contribution >= 0.6 is 11.6 Å². The number of anilines is 2. The highest BCUT2D eigenvalue weighted by Crippen LogP contribution is 2.47. The van der Waals surface area contributed by atoms with Gasteiger partial charge in [-0.25, -0.2) is 4.39 Å². The number of aliphatic hydroxyl groups excluding tert-OH is 1. The number of hydrogen-bond acceptors (Lipinski definition) is 7. The minimum atomic E-state index is -0.972. The molecular weight excluding hydrogens is 581 g/mol. The third kappa shape index (κ3) is 5.41. The van der Waals surface area contributed by atoms with Crippen molar-refractivity contribution in [2.45, 2.75) is 56.7 Å². The first kappa shape index (κ1) is 29.4. The lowest BCUT2D eigenvalue weighted by Crippen LogP contribution is -2.48. The molecule has 0 spiro atoms. The Morgan fingerprint density at radius 2 is 1.93 bits per heavy atom. The van der Waals surface area contributed by atoms with Crippen LogP contribution in [0.4, 0.5) is 15.8 Å². The van der Waals surface area contributed by atoms with E-state index in [9.17, 15) is 14.3 Å². The Balaban J connectivity index is 1.03. The molecule has 44 heavy (non-hydrogen) atoms. The van der Waals surface area contributed by atoms with Crippen LogP contribution in [0.1, 0.15) is 66.4 Å². The van der Waals surface area contributed by atoms with Gasteiger partial charge in [-0.15, -0.1) is 0 Å². The number of carbonyl (C=O) groups is 1. The van der Waals surface area contributed by atoms with Gasteiger partial charge in [0, 0.05) is 40.7 Å². The number of carbonyl (C=O) groups excluding carboxylic acids is 1. The molecule has 2 atom stereocenters. The Kier molecular flexibility index (Phi) is 7.93. The minimum absolute atomic E-state index is 0.0129. The number of rotatable bonds is 8. The van der Waals surface area contributed by atoms with Crippen molar-refractivity contribution in [2.24, 2.45) is 5.92 Å². The molecule has 3 aromatic rings. The first-order valence-corrected chi connectivity index (χ1v) is 16.2. The first-order chi connectivity index (χ1) is 21.3. The van der Waals surface area contributed by atoms with Crippen LogP contribution < -0.4 is 19.7 Å². The van der Waals surface area contributed by atoms with E-state index in [1.54, 1.807) is 12.1 Å². The van der Waals surface area contributed by atoms with Crippen molar-refractivity contribution < 1.29 is 23.8 Å². The fraction of sp³-hybridized carbons (Fsp3) is 0.457. The molecule has 1 saturated carbocycles. The van der Waals surface area contributed by atoms with E-state index in [-0.39, 0.29) is 37.0 Å². The summed E-state index contributed by atoms with van der Waals surface area (Å²) in [6.45, 7) is 5.23. The van der Waals surface area contributed by atoms with Gasteiger partial charge in [-0.3, -0.25) is 9.69 Å². The summed E-state index contributed by atoms with van der Waals surface area (Å²) in [5.74, 6) is 1.67. The van der Waals surface area contributed by atoms with Gasteiger partial charge >= 0.3 is 0 Å². The average molecular weight is 620 g/mol. The number of ketones is 1. The topological polar surface area (TPSA) is 74.3 Å². The quantitative estimate of drug-likeness (QED) is 0.276. The molecular formula is C35H39ClFN3O4. The summed E-state index contributed by atoms with van der Waals surface area (Å²) in [5, 5.41) is 13.9. The number of Topliss-reactive ketones (excluding diaryl/α,β-unsaturated/α-hetero) is 1. The lowest BCUT2D eigenvalue weighted by Gasteiger charge is -2.40. The number of β-amino-alcohol motifs (C(OH)–C–C–N with tert-alkyl or cyclic N) is 1. The van der Waals surface area contributed by atoms with Crippen LogP contribution in [0.15, 0.2) is 54.6 Å². The highest BCUT2D eigenvalue weighted by Gasteiger charge is 2.40. The standard InChI is InChI=1S/C35H39ClFN3O4/c1-35(27-10-9-25(36)19-28(27)37)21-43-31-7-3-6-26(34(31)44-35)22-12-14-39(15-13-22)20-32-38-29-11-8-24(33(42)23-4-2-5-23)18-30(29)40(32)16-17-41/h3,6-11,18-19,22-23,32,38,41H,2,4-5,12-17,20-21H2,1H3. The summed E-state index contributed by atoms with van der Waals surface area (Å²) in [5.41, 5.74) is 3.33. The molecule has 0 amide bonds. The molecule has 7 nitrogen and oxygen atoms in total. The number of fused-ring (bicyclic) bond motifs is 2. The molecule has 0 aromatic heterocycles. The Hall–Kier alpha value is -3.33. The summed E-state index contributed by atoms with van der Waals surface area (Å²) >= 11 is 6.01. The zero-order valence-electron chi connectivity index (χ0n) is 25.0. The van der Waals surface area contributed by atoms with E-state index in [0.717, 1.165) is 74.2 Å². The number of benzene rings is 3. The number of nitrogens with zero attached hydrogens (tertiary/aromatic N) is 2. The molecule has 2 unspecified atom stereocenters. The largest absolute Gasteiger partial charge is 0.485 e. The lowest BCUT2D eigenvalue weighted by molar-refractivity contribution is -0.00183. The third-order valence-corrected chi connectivity index (χ3v) is 10.1. The van der Waals surface area contributed by atoms with E-state index < -0.39 is 11.4 Å². The first-order valence-electron chi connectivity index (χ1n) is 15.8. The third-order valence-electron chi connectivity index (χ3n) is 9.91. The van der Waals surface area contributed by atoms with Crippen molar-refractivity contribution in [1.82, 2.24) is 4.90 Å². The monoisotopic (exact) mass is 619 g/mol. The van der Waals surface area contributed by atoms with E-state index in [4.69, 9.17) is 21.1 Å². The van der Waals surface area contributed by atoms with E-state index in [1.807, 2.05) is 37.3 Å². The smallest absolute Gasteiger partial charge is 0.168 e. The molecule has 0 bridgehead atoms. The molecule has 0 radical (unpaired) electrons. The Morgan fingerprint density at radius 1 is 1.11 bits per heavy atom. The van der Waals surface area contributed by atoms with E-state index in [2.05, 4.69) is 21.2 Å². The fourth-order valence-corrected chi connectivity index (χ4v) is 7.33. The van der Waals surface area contributed by atoms with Gasteiger partial charge in [0.25, 0.3) is 0 Å². The van der Waals surface area contributed by atoms with Crippen LogP contribution in [0.3, 0.4) is 0 Å². The average Bonchev–Trinajstić information content (AvgIpc) is 3.32. The molecule has 2 fully saturated rings. The zero-order valence-corrected chi connectivity index (χ0v) is 25.8. The highest BCUT2D eigenvalue weighted by atomic mass is 35.5. The number of para-hydroxylation sites is 1. The highest BCUT2D eigenvalue weighted by molar-refractivity contribution is 6.30. The zero-order chi connectivity index (χ0) is 30.4. The Bertz CT molecular complexity index is 1560. The molecule has 7 rings (SSSR count). The lowest BCUT2D eigenvalue weighted by atomic mass is 9.80. The molecule has 2 N–H and O–H groups in total. The summed E-state index contributed by atoms with van der Waals surface area (Å²) in [6.07, 6.45) is 5.02. The van der Waals surface area contributed by atoms with Gasteiger partial charge in [-0.1, -0.05) is 36.2 Å². The Labute approximate surface area is 262 Å². The van der Waals surface area contributed by atoms with E-state index in [1.165, 1.54) is 6.07 Å². The molecule has 1 aliphatic carbocycles. The Morgan fingerprint density at radius 3 is 2.66 bits per heavy atom. The second-order valence-corrected chi connectivity index (χ2v) is 13.2. The maximum atomic E-state index is 14.9. The van der Waals surface area contributed by atoms with Crippen molar-refractivity contribution in [3.8, 4) is 11.5 Å². The summed E-state index contributed by atoms with van der Waals surface area (Å²) in [6, 6.07) is 16.7. The van der Waals surface area contributed by atoms with Crippen LogP contribution in [-0.4, -0.2) is 61.3 Å². The van der Waals surface area contributed by atoms with Crippen molar-refractivity contribution in [2.75, 3.05) is 49.6 Å². The van der Waals surface area contributed by atoms with E-state index in [0.29, 0.717) is 28.6 Å². The predicted molar refractivity (Wildman–Crippen MR) is 170 cm³/mol. The predicted octanol–water partition coefficient (Wildman–Crippen LogP) is 6.58. The van der Waals surface area contributed by atoms with Gasteiger partial charge in [0.1, 0.15) is 18.6 Å². The summed E-state index contributed by atoms with van der Waals surface area (Å²) < 4.78 is 27.7. The van der Waals surface area contributed by atoms with Crippen LogP contribution in [0, 0.1) is 11.7 Å². The van der Waals surface area contributed by atoms with Crippen LogP contribution in [0.2, 0.25) is 5.02 Å². The SMILES string of the molecule is CC1(c2ccc(Cl)cc2F)COc2cccc(C3CCN(CC4Nc5ccc(C(=O)C6CCC6)cc5N4CCO)CC3)c2O1. The second kappa shape index (κ2) is 11.9. The summed E-state index contributed by atoms with van der Waals surface area (Å²) in [7, 11) is 0. The molecule has 3 aliphatic heterocycles. The number of nitrogens with one attached hydrogen (secondary N) is 1. The van der Waals surface area contributed by atoms with Gasteiger partial charge in [0.2, 0.25) is 0 Å². The van der Waals surface area contributed by atoms with Gasteiger partial charge in [-0.05, 0) is 88.0 Å². The number of likely N-dealkylation sites (tertiary alicyclic amines) is 1. The molecule has 1 saturated heterocycles. The van der Waals surface area contributed by atoms with Crippen LogP contribution in [-0.2, 0) is 5.60 Å². The van der Waals surface area contributed by atoms with Crippen molar-refractivity contribution >= 4 is 28.8 Å². The van der Waals surface area contributed by atoms with Crippen LogP contribution in [0.5, 0.6) is 11.5 Å². The van der Waals surface area contributed by atoms with Crippen molar-refractivity contribution in [3.63, 3.8) is 0 Å². The molecule has 3 aromatic carbocycles. The summed E-state index contributed by atoms with van der Waals surface area (Å²) in [4.78, 5) is 17.6. The van der Waals surface area contributed by atoms with Crippen molar-refractivity contribution in [3.05, 3.63) is 82.1 Å².